The molecule has 2 aromatic rings. The summed E-state index contributed by atoms with van der Waals surface area (Å²) >= 11 is 3.64. The van der Waals surface area contributed by atoms with Gasteiger partial charge in [0.25, 0.3) is 0 Å². The van der Waals surface area contributed by atoms with Crippen LogP contribution in [0.4, 0.5) is 0 Å². The topological polar surface area (TPSA) is 51.5 Å². The van der Waals surface area contributed by atoms with Crippen LogP contribution in [0.2, 0.25) is 0 Å². The van der Waals surface area contributed by atoms with Crippen LogP contribution in [-0.2, 0) is 11.2 Å². The van der Waals surface area contributed by atoms with E-state index in [0.717, 1.165) is 35.6 Å². The third kappa shape index (κ3) is 2.28. The van der Waals surface area contributed by atoms with Gasteiger partial charge in [0.15, 0.2) is 11.5 Å². The maximum absolute atomic E-state index is 5.47. The second-order valence-corrected chi connectivity index (χ2v) is 5.52. The van der Waals surface area contributed by atoms with Crippen LogP contribution in [0.1, 0.15) is 29.9 Å². The lowest BCUT2D eigenvalue weighted by molar-refractivity contribution is 0.0743. The van der Waals surface area contributed by atoms with Crippen molar-refractivity contribution < 1.29 is 4.74 Å². The van der Waals surface area contributed by atoms with E-state index in [9.17, 15) is 0 Å². The van der Waals surface area contributed by atoms with Crippen molar-refractivity contribution in [1.82, 2.24) is 19.9 Å². The Hall–Kier alpha value is -0.980. The minimum absolute atomic E-state index is 0.0888. The van der Waals surface area contributed by atoms with Crippen molar-refractivity contribution in [3.05, 3.63) is 27.6 Å². The number of ether oxygens (including phenoxy) is 1. The molecule has 0 aliphatic carbocycles. The number of rotatable bonds is 2. The fourth-order valence-electron chi connectivity index (χ4n) is 2.45. The number of aromatic nitrogens is 3. The average molecular weight is 325 g/mol. The van der Waals surface area contributed by atoms with Gasteiger partial charge in [-0.15, -0.1) is 5.10 Å². The molecule has 0 saturated carbocycles. The maximum Gasteiger partial charge on any atom is 0.171 e. The highest BCUT2D eigenvalue weighted by Crippen LogP contribution is 2.24. The Morgan fingerprint density at radius 2 is 2.42 bits per heavy atom. The molecule has 1 N–H and O–H groups in total. The number of nitrogens with one attached hydrogen (secondary N) is 1. The van der Waals surface area contributed by atoms with E-state index in [4.69, 9.17) is 4.74 Å². The van der Waals surface area contributed by atoms with Crippen molar-refractivity contribution in [2.45, 2.75) is 26.3 Å². The number of fused-ring (bicyclic) bond motifs is 1. The predicted molar refractivity (Wildman–Crippen MR) is 76.4 cm³/mol. The first-order valence-electron chi connectivity index (χ1n) is 6.56. The molecule has 2 aromatic heterocycles. The Balaban J connectivity index is 2.07. The van der Waals surface area contributed by atoms with Crippen LogP contribution in [0.3, 0.4) is 0 Å². The maximum atomic E-state index is 5.47. The van der Waals surface area contributed by atoms with E-state index in [0.29, 0.717) is 6.61 Å². The van der Waals surface area contributed by atoms with Crippen LogP contribution in [0.25, 0.3) is 5.65 Å². The van der Waals surface area contributed by atoms with Gasteiger partial charge in [0.05, 0.1) is 19.3 Å². The highest BCUT2D eigenvalue weighted by Gasteiger charge is 2.21. The van der Waals surface area contributed by atoms with Crippen LogP contribution in [0, 0.1) is 6.92 Å². The molecule has 1 atom stereocenters. The van der Waals surface area contributed by atoms with Gasteiger partial charge in [-0.3, -0.25) is 0 Å². The van der Waals surface area contributed by atoms with Crippen LogP contribution >= 0.6 is 15.9 Å². The molecule has 1 aliphatic heterocycles. The highest BCUT2D eigenvalue weighted by atomic mass is 79.9. The minimum atomic E-state index is 0.0888. The molecular formula is C13H17BrN4O. The Labute approximate surface area is 120 Å². The van der Waals surface area contributed by atoms with Gasteiger partial charge in [-0.2, -0.15) is 0 Å². The van der Waals surface area contributed by atoms with E-state index in [1.54, 1.807) is 0 Å². The van der Waals surface area contributed by atoms with Gasteiger partial charge >= 0.3 is 0 Å². The van der Waals surface area contributed by atoms with E-state index in [2.05, 4.69) is 51.2 Å². The van der Waals surface area contributed by atoms with Crippen LogP contribution in [-0.4, -0.2) is 34.4 Å². The van der Waals surface area contributed by atoms with Crippen LogP contribution in [0.15, 0.2) is 10.7 Å². The normalized spacial score (nSPS) is 20.1. The quantitative estimate of drug-likeness (QED) is 0.859. The summed E-state index contributed by atoms with van der Waals surface area (Å²) in [6.07, 6.45) is 0.975. The zero-order valence-corrected chi connectivity index (χ0v) is 12.7. The number of hydrogen-bond acceptors (Lipinski definition) is 4. The van der Waals surface area contributed by atoms with Gasteiger partial charge in [0, 0.05) is 6.54 Å². The lowest BCUT2D eigenvalue weighted by Gasteiger charge is -2.20. The summed E-state index contributed by atoms with van der Waals surface area (Å²) in [5, 5.41) is 7.98. The Morgan fingerprint density at radius 3 is 3.11 bits per heavy atom. The molecule has 3 rings (SSSR count). The molecular weight excluding hydrogens is 308 g/mol. The summed E-state index contributed by atoms with van der Waals surface area (Å²) in [5.74, 6) is 0.799. The standard InChI is InChI=1S/C13H17BrN4O/c1-3-9-8(2)6-11-16-13(17-18(11)12(9)14)10-7-19-5-4-15-10/h6,10,15H,3-5,7H2,1-2H3. The molecule has 0 amide bonds. The minimum Gasteiger partial charge on any atom is -0.378 e. The third-order valence-electron chi connectivity index (χ3n) is 3.49. The number of aryl methyl sites for hydroxylation is 1. The second-order valence-electron chi connectivity index (χ2n) is 4.77. The summed E-state index contributed by atoms with van der Waals surface area (Å²) in [6.45, 7) is 6.49. The monoisotopic (exact) mass is 324 g/mol. The molecule has 1 saturated heterocycles. The molecule has 5 nitrogen and oxygen atoms in total. The summed E-state index contributed by atoms with van der Waals surface area (Å²) in [6, 6.07) is 2.18. The fourth-order valence-corrected chi connectivity index (χ4v) is 3.31. The van der Waals surface area contributed by atoms with Crippen LogP contribution in [0.5, 0.6) is 0 Å². The van der Waals surface area contributed by atoms with Gasteiger partial charge in [0.2, 0.25) is 0 Å². The third-order valence-corrected chi connectivity index (χ3v) is 4.31. The number of morpholine rings is 1. The second kappa shape index (κ2) is 5.19. The SMILES string of the molecule is CCc1c(C)cc2nc(C3COCCN3)nn2c1Br. The average Bonchev–Trinajstić information content (AvgIpc) is 2.84. The van der Waals surface area contributed by atoms with E-state index in [1.165, 1.54) is 11.1 Å². The number of hydrogen-bond donors (Lipinski definition) is 1. The molecule has 1 unspecified atom stereocenters. The molecule has 3 heterocycles. The molecule has 0 aromatic carbocycles. The molecule has 1 aliphatic rings. The van der Waals surface area contributed by atoms with Crippen molar-refractivity contribution in [3.8, 4) is 0 Å². The molecule has 19 heavy (non-hydrogen) atoms. The van der Waals surface area contributed by atoms with E-state index in [-0.39, 0.29) is 6.04 Å². The summed E-state index contributed by atoms with van der Waals surface area (Å²) in [5.41, 5.74) is 3.40. The first kappa shape index (κ1) is 13.0. The van der Waals surface area contributed by atoms with Crippen molar-refractivity contribution in [3.63, 3.8) is 0 Å². The predicted octanol–water partition coefficient (Wildman–Crippen LogP) is 2.02. The number of nitrogens with zero attached hydrogens (tertiary/aromatic N) is 3. The number of pyridine rings is 1. The number of halogens is 1. The van der Waals surface area contributed by atoms with Gasteiger partial charge in [-0.1, -0.05) is 6.92 Å². The molecule has 6 heteroatoms. The van der Waals surface area contributed by atoms with Gasteiger partial charge in [0.1, 0.15) is 4.60 Å². The zero-order chi connectivity index (χ0) is 13.4. The van der Waals surface area contributed by atoms with Crippen LogP contribution < -0.4 is 5.32 Å². The fraction of sp³-hybridized carbons (Fsp3) is 0.538. The van der Waals surface area contributed by atoms with E-state index < -0.39 is 0 Å². The lowest BCUT2D eigenvalue weighted by Crippen LogP contribution is -2.35. The van der Waals surface area contributed by atoms with Crippen molar-refractivity contribution in [1.29, 1.82) is 0 Å². The highest BCUT2D eigenvalue weighted by molar-refractivity contribution is 9.10. The Morgan fingerprint density at radius 1 is 1.58 bits per heavy atom. The van der Waals surface area contributed by atoms with Gasteiger partial charge < -0.3 is 10.1 Å². The van der Waals surface area contributed by atoms with Crippen molar-refractivity contribution in [2.75, 3.05) is 19.8 Å². The zero-order valence-electron chi connectivity index (χ0n) is 11.1. The smallest absolute Gasteiger partial charge is 0.171 e. The Kier molecular flexibility index (Phi) is 3.56. The molecule has 0 radical (unpaired) electrons. The molecule has 0 spiro atoms. The first-order chi connectivity index (χ1) is 9.20. The van der Waals surface area contributed by atoms with Gasteiger partial charge in [-0.05, 0) is 46.5 Å². The molecule has 1 fully saturated rings. The molecule has 0 bridgehead atoms. The summed E-state index contributed by atoms with van der Waals surface area (Å²) in [4.78, 5) is 4.61. The van der Waals surface area contributed by atoms with E-state index >= 15 is 0 Å². The lowest BCUT2D eigenvalue weighted by atomic mass is 10.1. The summed E-state index contributed by atoms with van der Waals surface area (Å²) < 4.78 is 8.34. The van der Waals surface area contributed by atoms with E-state index in [1.807, 2.05) is 4.52 Å². The largest absolute Gasteiger partial charge is 0.378 e. The molecule has 102 valence electrons. The van der Waals surface area contributed by atoms with Gasteiger partial charge in [-0.25, -0.2) is 9.50 Å². The summed E-state index contributed by atoms with van der Waals surface area (Å²) in [7, 11) is 0. The van der Waals surface area contributed by atoms with Crippen molar-refractivity contribution >= 4 is 21.6 Å². The van der Waals surface area contributed by atoms with Crippen molar-refractivity contribution in [2.24, 2.45) is 0 Å². The first-order valence-corrected chi connectivity index (χ1v) is 7.35. The Bertz CT molecular complexity index is 604.